The zero-order chi connectivity index (χ0) is 31.4. The fourth-order valence-corrected chi connectivity index (χ4v) is 4.88. The molecule has 0 aliphatic carbocycles. The first-order valence-corrected chi connectivity index (χ1v) is 13.4. The van der Waals surface area contributed by atoms with Crippen molar-refractivity contribution in [1.82, 2.24) is 19.4 Å². The number of esters is 1. The molecule has 224 valence electrons. The van der Waals surface area contributed by atoms with Gasteiger partial charge in [0.25, 0.3) is 5.56 Å². The van der Waals surface area contributed by atoms with Gasteiger partial charge in [0.15, 0.2) is 11.6 Å². The van der Waals surface area contributed by atoms with E-state index < -0.39 is 34.9 Å². The topological polar surface area (TPSA) is 122 Å². The van der Waals surface area contributed by atoms with E-state index in [-0.39, 0.29) is 45.4 Å². The standard InChI is InChI=1S/C30H30F2N6O5/c1-8-42-28(40)17-13-33-20-10-9-15(14-38(20)27(17)39)16-12-34-26-22(25(16)36(5)6)21-23(32)18(31)11-19(24(21)35-26)37(7)29(41)43-30(2,3)4/h9-14H,8H2,1-7H3,(H,34,35). The Bertz CT molecular complexity index is 1990. The molecule has 5 aromatic rings. The number of aromatic amines is 1. The summed E-state index contributed by atoms with van der Waals surface area (Å²) < 4.78 is 42.4. The highest BCUT2D eigenvalue weighted by molar-refractivity contribution is 6.19. The molecule has 0 unspecified atom stereocenters. The molecular formula is C30H30F2N6O5. The number of nitrogens with one attached hydrogen (secondary N) is 1. The van der Waals surface area contributed by atoms with Gasteiger partial charge in [-0.25, -0.2) is 28.3 Å². The molecule has 0 atom stereocenters. The number of hydrogen-bond donors (Lipinski definition) is 1. The largest absolute Gasteiger partial charge is 0.462 e. The number of halogens is 2. The van der Waals surface area contributed by atoms with Crippen molar-refractivity contribution in [2.45, 2.75) is 33.3 Å². The van der Waals surface area contributed by atoms with Crippen LogP contribution in [0, 0.1) is 11.6 Å². The third-order valence-electron chi connectivity index (χ3n) is 6.73. The minimum Gasteiger partial charge on any atom is -0.462 e. The number of hydrogen-bond acceptors (Lipinski definition) is 8. The van der Waals surface area contributed by atoms with E-state index in [1.54, 1.807) is 58.8 Å². The first kappa shape index (κ1) is 29.4. The Balaban J connectivity index is 1.77. The third-order valence-corrected chi connectivity index (χ3v) is 6.73. The van der Waals surface area contributed by atoms with Gasteiger partial charge in [0.05, 0.1) is 34.3 Å². The van der Waals surface area contributed by atoms with E-state index in [9.17, 15) is 14.4 Å². The van der Waals surface area contributed by atoms with E-state index in [1.165, 1.54) is 30.0 Å². The number of nitrogens with zero attached hydrogens (tertiary/aromatic N) is 5. The molecule has 4 heterocycles. The molecule has 0 fully saturated rings. The lowest BCUT2D eigenvalue weighted by molar-refractivity contribution is 0.0522. The molecule has 0 radical (unpaired) electrons. The van der Waals surface area contributed by atoms with Gasteiger partial charge in [0.1, 0.15) is 22.5 Å². The SMILES string of the molecule is CCOC(=O)c1cnc2ccc(-c3cnc4[nH]c5c(N(C)C(=O)OC(C)(C)C)cc(F)c(F)c5c4c3N(C)C)cn2c1=O. The normalized spacial score (nSPS) is 11.7. The maximum atomic E-state index is 15.6. The van der Waals surface area contributed by atoms with Crippen molar-refractivity contribution in [1.29, 1.82) is 0 Å². The molecule has 1 amide bonds. The van der Waals surface area contributed by atoms with E-state index in [0.29, 0.717) is 16.8 Å². The predicted molar refractivity (Wildman–Crippen MR) is 159 cm³/mol. The zero-order valence-electron chi connectivity index (χ0n) is 24.7. The molecule has 13 heteroatoms. The lowest BCUT2D eigenvalue weighted by Crippen LogP contribution is -2.34. The Morgan fingerprint density at radius 1 is 1.07 bits per heavy atom. The smallest absolute Gasteiger partial charge is 0.414 e. The lowest BCUT2D eigenvalue weighted by atomic mass is 10.0. The third kappa shape index (κ3) is 5.11. The minimum absolute atomic E-state index is 0.0576. The summed E-state index contributed by atoms with van der Waals surface area (Å²) >= 11 is 0. The minimum atomic E-state index is -1.16. The summed E-state index contributed by atoms with van der Waals surface area (Å²) in [6.45, 7) is 6.83. The van der Waals surface area contributed by atoms with Gasteiger partial charge in [0, 0.05) is 56.9 Å². The number of amides is 1. The zero-order valence-corrected chi connectivity index (χ0v) is 24.7. The van der Waals surface area contributed by atoms with Crippen molar-refractivity contribution in [2.75, 3.05) is 37.5 Å². The van der Waals surface area contributed by atoms with E-state index in [2.05, 4.69) is 15.0 Å². The van der Waals surface area contributed by atoms with Gasteiger partial charge in [-0.1, -0.05) is 0 Å². The summed E-state index contributed by atoms with van der Waals surface area (Å²) in [4.78, 5) is 52.9. The Hall–Kier alpha value is -5.07. The molecule has 0 saturated carbocycles. The summed E-state index contributed by atoms with van der Waals surface area (Å²) in [5, 5.41) is 0.155. The first-order chi connectivity index (χ1) is 20.2. The van der Waals surface area contributed by atoms with Gasteiger partial charge >= 0.3 is 12.1 Å². The summed E-state index contributed by atoms with van der Waals surface area (Å²) in [6, 6.07) is 4.23. The van der Waals surface area contributed by atoms with Crippen LogP contribution in [-0.4, -0.2) is 64.8 Å². The summed E-state index contributed by atoms with van der Waals surface area (Å²) in [7, 11) is 4.87. The number of fused-ring (bicyclic) bond motifs is 4. The number of pyridine rings is 2. The maximum Gasteiger partial charge on any atom is 0.414 e. The average Bonchev–Trinajstić information content (AvgIpc) is 3.33. The highest BCUT2D eigenvalue weighted by Gasteiger charge is 2.28. The molecule has 11 nitrogen and oxygen atoms in total. The molecule has 5 rings (SSSR count). The number of ether oxygens (including phenoxy) is 2. The van der Waals surface area contributed by atoms with Crippen molar-refractivity contribution < 1.29 is 27.8 Å². The Morgan fingerprint density at radius 3 is 2.44 bits per heavy atom. The Labute approximate surface area is 244 Å². The second-order valence-corrected chi connectivity index (χ2v) is 11.1. The fourth-order valence-electron chi connectivity index (χ4n) is 4.88. The first-order valence-electron chi connectivity index (χ1n) is 13.4. The number of benzene rings is 1. The van der Waals surface area contributed by atoms with Crippen molar-refractivity contribution in [3.63, 3.8) is 0 Å². The van der Waals surface area contributed by atoms with Crippen LogP contribution in [0.2, 0.25) is 0 Å². The number of aromatic nitrogens is 4. The van der Waals surface area contributed by atoms with Crippen LogP contribution in [0.5, 0.6) is 0 Å². The van der Waals surface area contributed by atoms with Gasteiger partial charge in [-0.2, -0.15) is 0 Å². The van der Waals surface area contributed by atoms with Gasteiger partial charge in [-0.05, 0) is 39.8 Å². The van der Waals surface area contributed by atoms with Crippen molar-refractivity contribution in [3.8, 4) is 11.1 Å². The highest BCUT2D eigenvalue weighted by atomic mass is 19.2. The van der Waals surface area contributed by atoms with Crippen LogP contribution in [0.4, 0.5) is 25.0 Å². The second kappa shape index (κ2) is 10.6. The molecular weight excluding hydrogens is 562 g/mol. The van der Waals surface area contributed by atoms with Gasteiger partial charge in [-0.3, -0.25) is 14.1 Å². The van der Waals surface area contributed by atoms with Gasteiger partial charge < -0.3 is 19.4 Å². The predicted octanol–water partition coefficient (Wildman–Crippen LogP) is 5.28. The number of carbonyl (C=O) groups excluding carboxylic acids is 2. The quantitative estimate of drug-likeness (QED) is 0.274. The van der Waals surface area contributed by atoms with Crippen LogP contribution < -0.4 is 15.4 Å². The number of rotatable bonds is 5. The summed E-state index contributed by atoms with van der Waals surface area (Å²) in [5.41, 5.74) is 0.518. The Kier molecular flexibility index (Phi) is 7.28. The average molecular weight is 593 g/mol. The van der Waals surface area contributed by atoms with E-state index in [4.69, 9.17) is 9.47 Å². The molecule has 0 saturated heterocycles. The summed E-state index contributed by atoms with van der Waals surface area (Å²) in [6.07, 6.45) is 3.45. The molecule has 0 aliphatic heterocycles. The van der Waals surface area contributed by atoms with Crippen LogP contribution in [0.25, 0.3) is 38.7 Å². The monoisotopic (exact) mass is 592 g/mol. The molecule has 43 heavy (non-hydrogen) atoms. The van der Waals surface area contributed by atoms with E-state index in [1.807, 2.05) is 0 Å². The molecule has 4 aromatic heterocycles. The Morgan fingerprint density at radius 2 is 1.79 bits per heavy atom. The van der Waals surface area contributed by atoms with Crippen LogP contribution in [-0.2, 0) is 9.47 Å². The van der Waals surface area contributed by atoms with Crippen molar-refractivity contribution >= 4 is 51.0 Å². The van der Waals surface area contributed by atoms with Crippen LogP contribution in [0.15, 0.2) is 41.6 Å². The van der Waals surface area contributed by atoms with Crippen LogP contribution >= 0.6 is 0 Å². The van der Waals surface area contributed by atoms with E-state index in [0.717, 1.165) is 11.0 Å². The lowest BCUT2D eigenvalue weighted by Gasteiger charge is -2.25. The number of H-pyrrole nitrogens is 1. The second-order valence-electron chi connectivity index (χ2n) is 11.1. The molecule has 1 aromatic carbocycles. The maximum absolute atomic E-state index is 15.6. The number of anilines is 2. The van der Waals surface area contributed by atoms with Crippen LogP contribution in [0.3, 0.4) is 0 Å². The van der Waals surface area contributed by atoms with Gasteiger partial charge in [0.2, 0.25) is 0 Å². The fraction of sp³-hybridized carbons (Fsp3) is 0.300. The van der Waals surface area contributed by atoms with Crippen molar-refractivity contribution in [3.05, 3.63) is 64.3 Å². The molecule has 0 bridgehead atoms. The highest BCUT2D eigenvalue weighted by Crippen LogP contribution is 2.43. The van der Waals surface area contributed by atoms with E-state index >= 15 is 8.78 Å². The molecule has 0 spiro atoms. The number of carbonyl (C=O) groups is 2. The van der Waals surface area contributed by atoms with Crippen LogP contribution in [0.1, 0.15) is 38.1 Å². The molecule has 0 aliphatic rings. The van der Waals surface area contributed by atoms with Gasteiger partial charge in [-0.15, -0.1) is 0 Å². The summed E-state index contributed by atoms with van der Waals surface area (Å²) in [5.74, 6) is -3.08. The molecule has 1 N–H and O–H groups in total. The van der Waals surface area contributed by atoms with Crippen molar-refractivity contribution in [2.24, 2.45) is 0 Å².